The lowest BCUT2D eigenvalue weighted by atomic mass is 9.95. The predicted molar refractivity (Wildman–Crippen MR) is 121 cm³/mol. The second-order valence-electron chi connectivity index (χ2n) is 6.88. The summed E-state index contributed by atoms with van der Waals surface area (Å²) in [5, 5.41) is 0. The summed E-state index contributed by atoms with van der Waals surface area (Å²) in [6.07, 6.45) is 1.76. The van der Waals surface area contributed by atoms with Gasteiger partial charge in [-0.3, -0.25) is 9.36 Å². The Morgan fingerprint density at radius 3 is 2.65 bits per heavy atom. The van der Waals surface area contributed by atoms with E-state index < -0.39 is 17.8 Å². The summed E-state index contributed by atoms with van der Waals surface area (Å²) in [5.74, 6) is -1.12. The summed E-state index contributed by atoms with van der Waals surface area (Å²) in [6, 6.07) is 12.7. The van der Waals surface area contributed by atoms with E-state index in [0.29, 0.717) is 15.0 Å². The van der Waals surface area contributed by atoms with Crippen LogP contribution < -0.4 is 14.9 Å². The number of thiazole rings is 1. The van der Waals surface area contributed by atoms with Crippen molar-refractivity contribution in [3.05, 3.63) is 101 Å². The van der Waals surface area contributed by atoms with Gasteiger partial charge >= 0.3 is 5.97 Å². The van der Waals surface area contributed by atoms with Crippen LogP contribution in [0.4, 0.5) is 4.39 Å². The van der Waals surface area contributed by atoms with E-state index in [1.807, 2.05) is 24.3 Å². The average molecular weight is 501 g/mol. The van der Waals surface area contributed by atoms with Gasteiger partial charge in [0.2, 0.25) is 0 Å². The molecule has 3 aromatic rings. The molecule has 0 saturated heterocycles. The highest BCUT2D eigenvalue weighted by molar-refractivity contribution is 9.10. The van der Waals surface area contributed by atoms with E-state index >= 15 is 0 Å². The fourth-order valence-electron chi connectivity index (χ4n) is 3.49. The first-order valence-corrected chi connectivity index (χ1v) is 11.2. The Labute approximate surface area is 190 Å². The van der Waals surface area contributed by atoms with Crippen LogP contribution in [0.2, 0.25) is 0 Å². The molecule has 0 aliphatic carbocycles. The third-order valence-corrected chi connectivity index (χ3v) is 6.40. The number of hydrogen-bond acceptors (Lipinski definition) is 5. The first kappa shape index (κ1) is 21.4. The molecule has 0 saturated carbocycles. The highest BCUT2D eigenvalue weighted by Gasteiger charge is 2.34. The van der Waals surface area contributed by atoms with Crippen LogP contribution in [0.3, 0.4) is 0 Å². The van der Waals surface area contributed by atoms with Gasteiger partial charge in [-0.2, -0.15) is 0 Å². The largest absolute Gasteiger partial charge is 0.463 e. The third kappa shape index (κ3) is 4.05. The van der Waals surface area contributed by atoms with Crippen molar-refractivity contribution in [1.82, 2.24) is 4.57 Å². The van der Waals surface area contributed by atoms with Crippen molar-refractivity contribution in [2.75, 3.05) is 6.61 Å². The van der Waals surface area contributed by atoms with E-state index in [9.17, 15) is 14.0 Å². The van der Waals surface area contributed by atoms with Crippen molar-refractivity contribution in [2.24, 2.45) is 4.99 Å². The van der Waals surface area contributed by atoms with Gasteiger partial charge in [-0.1, -0.05) is 57.6 Å². The summed E-state index contributed by atoms with van der Waals surface area (Å²) >= 11 is 4.60. The molecular weight excluding hydrogens is 483 g/mol. The molecule has 2 heterocycles. The van der Waals surface area contributed by atoms with Gasteiger partial charge < -0.3 is 4.74 Å². The van der Waals surface area contributed by atoms with Crippen molar-refractivity contribution >= 4 is 39.3 Å². The van der Waals surface area contributed by atoms with Crippen LogP contribution in [-0.4, -0.2) is 17.1 Å². The zero-order valence-electron chi connectivity index (χ0n) is 16.8. The van der Waals surface area contributed by atoms with Crippen LogP contribution in [0, 0.1) is 5.82 Å². The zero-order chi connectivity index (χ0) is 22.1. The molecule has 31 heavy (non-hydrogen) atoms. The smallest absolute Gasteiger partial charge is 0.338 e. The molecule has 0 bridgehead atoms. The highest BCUT2D eigenvalue weighted by atomic mass is 79.9. The van der Waals surface area contributed by atoms with Crippen molar-refractivity contribution in [1.29, 1.82) is 0 Å². The number of carbonyl (C=O) groups is 1. The molecule has 0 spiro atoms. The zero-order valence-corrected chi connectivity index (χ0v) is 19.2. The van der Waals surface area contributed by atoms with Gasteiger partial charge in [0, 0.05) is 10.0 Å². The van der Waals surface area contributed by atoms with Crippen molar-refractivity contribution in [3.63, 3.8) is 0 Å². The number of hydrogen-bond donors (Lipinski definition) is 0. The maximum absolute atomic E-state index is 14.8. The fraction of sp³-hybridized carbons (Fsp3) is 0.174. The van der Waals surface area contributed by atoms with Gasteiger partial charge in [-0.15, -0.1) is 0 Å². The van der Waals surface area contributed by atoms with Crippen molar-refractivity contribution in [3.8, 4) is 0 Å². The number of allylic oxidation sites excluding steroid dienone is 1. The number of rotatable bonds is 4. The lowest BCUT2D eigenvalue weighted by Crippen LogP contribution is -2.40. The van der Waals surface area contributed by atoms with Crippen LogP contribution in [-0.2, 0) is 9.53 Å². The maximum atomic E-state index is 14.8. The average Bonchev–Trinajstić information content (AvgIpc) is 3.04. The van der Waals surface area contributed by atoms with Crippen LogP contribution in [0.5, 0.6) is 0 Å². The molecule has 1 atom stereocenters. The Hall–Kier alpha value is -2.84. The molecule has 1 unspecified atom stereocenters. The number of carbonyl (C=O) groups excluding carboxylic acids is 1. The predicted octanol–water partition coefficient (Wildman–Crippen LogP) is 3.70. The topological polar surface area (TPSA) is 60.7 Å². The molecule has 1 aromatic heterocycles. The van der Waals surface area contributed by atoms with Gasteiger partial charge in [-0.05, 0) is 43.7 Å². The molecule has 0 amide bonds. The number of fused-ring (bicyclic) bond motifs is 1. The Morgan fingerprint density at radius 1 is 1.26 bits per heavy atom. The Kier molecular flexibility index (Phi) is 6.02. The van der Waals surface area contributed by atoms with Crippen molar-refractivity contribution in [2.45, 2.75) is 19.9 Å². The molecule has 1 aliphatic rings. The molecule has 5 nitrogen and oxygen atoms in total. The molecule has 0 N–H and O–H groups in total. The van der Waals surface area contributed by atoms with Crippen LogP contribution in [0.1, 0.15) is 31.0 Å². The summed E-state index contributed by atoms with van der Waals surface area (Å²) in [7, 11) is 0. The van der Waals surface area contributed by atoms with Gasteiger partial charge in [0.05, 0.1) is 22.4 Å². The number of ether oxygens (including phenoxy) is 1. The molecule has 0 radical (unpaired) electrons. The normalized spacial score (nSPS) is 16.1. The van der Waals surface area contributed by atoms with Crippen LogP contribution in [0.15, 0.2) is 74.1 Å². The number of benzene rings is 2. The molecule has 158 valence electrons. The lowest BCUT2D eigenvalue weighted by molar-refractivity contribution is -0.139. The Bertz CT molecular complexity index is 1370. The van der Waals surface area contributed by atoms with Crippen LogP contribution >= 0.6 is 27.3 Å². The Morgan fingerprint density at radius 2 is 1.97 bits per heavy atom. The maximum Gasteiger partial charge on any atom is 0.338 e. The minimum Gasteiger partial charge on any atom is -0.463 e. The second-order valence-corrected chi connectivity index (χ2v) is 8.80. The molecule has 0 fully saturated rings. The monoisotopic (exact) mass is 500 g/mol. The Balaban J connectivity index is 1.97. The quantitative estimate of drug-likeness (QED) is 0.513. The summed E-state index contributed by atoms with van der Waals surface area (Å²) in [5.41, 5.74) is 1.29. The summed E-state index contributed by atoms with van der Waals surface area (Å²) in [6.45, 7) is 3.53. The van der Waals surface area contributed by atoms with Gasteiger partial charge in [0.1, 0.15) is 11.9 Å². The van der Waals surface area contributed by atoms with Gasteiger partial charge in [0.15, 0.2) is 4.80 Å². The first-order valence-electron chi connectivity index (χ1n) is 9.60. The lowest BCUT2D eigenvalue weighted by Gasteiger charge is -2.24. The second kappa shape index (κ2) is 8.72. The van der Waals surface area contributed by atoms with Gasteiger partial charge in [-0.25, -0.2) is 14.2 Å². The molecular formula is C23H18BrFN2O3S. The minimum absolute atomic E-state index is 0.160. The number of aromatic nitrogens is 1. The number of halogens is 2. The van der Waals surface area contributed by atoms with E-state index in [-0.39, 0.29) is 23.3 Å². The van der Waals surface area contributed by atoms with Crippen LogP contribution in [0.25, 0.3) is 6.08 Å². The highest BCUT2D eigenvalue weighted by Crippen LogP contribution is 2.32. The fourth-order valence-corrected chi connectivity index (χ4v) is 4.80. The molecule has 4 rings (SSSR count). The number of nitrogens with zero attached hydrogens (tertiary/aromatic N) is 2. The molecule has 1 aliphatic heterocycles. The summed E-state index contributed by atoms with van der Waals surface area (Å²) in [4.78, 5) is 31.0. The third-order valence-electron chi connectivity index (χ3n) is 4.88. The van der Waals surface area contributed by atoms with E-state index in [2.05, 4.69) is 20.9 Å². The minimum atomic E-state index is -0.955. The SMILES string of the molecule is CCOC(=O)C1=C(C)N=c2sc(=Cc3ccc(Br)cc3)c(=O)n2C1c1ccccc1F. The number of esters is 1. The standard InChI is InChI=1S/C23H18BrFN2O3S/c1-3-30-22(29)19-13(2)26-23-27(20(19)16-6-4-5-7-17(16)25)21(28)18(31-23)12-14-8-10-15(24)11-9-14/h4-12,20H,3H2,1-2H3. The van der Waals surface area contributed by atoms with E-state index in [4.69, 9.17) is 4.74 Å². The van der Waals surface area contributed by atoms with E-state index in [0.717, 1.165) is 10.0 Å². The van der Waals surface area contributed by atoms with Gasteiger partial charge in [0.25, 0.3) is 5.56 Å². The molecule has 8 heteroatoms. The van der Waals surface area contributed by atoms with E-state index in [1.165, 1.54) is 22.0 Å². The molecule has 2 aromatic carbocycles. The first-order chi connectivity index (χ1) is 14.9. The summed E-state index contributed by atoms with van der Waals surface area (Å²) < 4.78 is 22.8. The van der Waals surface area contributed by atoms with Crippen molar-refractivity contribution < 1.29 is 13.9 Å². The van der Waals surface area contributed by atoms with E-state index in [1.54, 1.807) is 38.1 Å².